The van der Waals surface area contributed by atoms with Crippen LogP contribution in [0.25, 0.3) is 0 Å². The van der Waals surface area contributed by atoms with Gasteiger partial charge in [-0.3, -0.25) is 14.4 Å². The molecule has 7 nitrogen and oxygen atoms in total. The van der Waals surface area contributed by atoms with Crippen molar-refractivity contribution in [3.05, 3.63) is 78.4 Å². The van der Waals surface area contributed by atoms with Gasteiger partial charge in [-0.15, -0.1) is 6.58 Å². The van der Waals surface area contributed by atoms with Crippen LogP contribution in [0.1, 0.15) is 63.5 Å². The van der Waals surface area contributed by atoms with Crippen LogP contribution in [0.15, 0.2) is 72.2 Å². The highest BCUT2D eigenvalue weighted by Crippen LogP contribution is 2.33. The molecule has 206 valence electrons. The number of carbonyl (C=O) groups excluding carboxylic acids is 3. The van der Waals surface area contributed by atoms with E-state index in [1.54, 1.807) is 11.0 Å². The summed E-state index contributed by atoms with van der Waals surface area (Å²) < 4.78 is 0. The number of nitrogens with one attached hydrogen (secondary N) is 1. The van der Waals surface area contributed by atoms with Gasteiger partial charge in [0.1, 0.15) is 0 Å². The maximum atomic E-state index is 14.1. The van der Waals surface area contributed by atoms with Crippen LogP contribution in [0.4, 0.5) is 5.69 Å². The zero-order valence-electron chi connectivity index (χ0n) is 23.0. The van der Waals surface area contributed by atoms with Crippen LogP contribution < -0.4 is 16.0 Å². The molecule has 0 bridgehead atoms. The van der Waals surface area contributed by atoms with Crippen LogP contribution >= 0.6 is 0 Å². The molecular formula is C32H40N4O3. The maximum Gasteiger partial charge on any atom is 0.272 e. The van der Waals surface area contributed by atoms with Gasteiger partial charge in [0.15, 0.2) is 0 Å². The highest BCUT2D eigenvalue weighted by atomic mass is 16.2. The summed E-state index contributed by atoms with van der Waals surface area (Å²) in [4.78, 5) is 46.9. The summed E-state index contributed by atoms with van der Waals surface area (Å²) in [7, 11) is 0. The number of hydrogen-bond acceptors (Lipinski definition) is 4. The number of benzene rings is 2. The van der Waals surface area contributed by atoms with E-state index in [0.717, 1.165) is 23.2 Å². The van der Waals surface area contributed by atoms with E-state index in [2.05, 4.69) is 11.9 Å². The van der Waals surface area contributed by atoms with Gasteiger partial charge < -0.3 is 16.0 Å². The van der Waals surface area contributed by atoms with Gasteiger partial charge in [0.2, 0.25) is 18.0 Å². The van der Waals surface area contributed by atoms with E-state index in [1.165, 1.54) is 19.3 Å². The molecule has 1 heterocycles. The highest BCUT2D eigenvalue weighted by Gasteiger charge is 2.37. The van der Waals surface area contributed by atoms with Crippen molar-refractivity contribution in [2.24, 2.45) is 34.4 Å². The Morgan fingerprint density at radius 1 is 1.10 bits per heavy atom. The molecule has 1 saturated carbocycles. The van der Waals surface area contributed by atoms with E-state index in [1.807, 2.05) is 68.4 Å². The molecule has 39 heavy (non-hydrogen) atoms. The van der Waals surface area contributed by atoms with Crippen LogP contribution in [0.3, 0.4) is 0 Å². The number of anilines is 1. The number of benzodiazepines with no additional fused rings is 1. The Balaban J connectivity index is 1.74. The van der Waals surface area contributed by atoms with Gasteiger partial charge in [-0.1, -0.05) is 87.7 Å². The lowest BCUT2D eigenvalue weighted by molar-refractivity contribution is -0.135. The fourth-order valence-electron chi connectivity index (χ4n) is 5.54. The smallest absolute Gasteiger partial charge is 0.272 e. The Morgan fingerprint density at radius 2 is 1.79 bits per heavy atom. The number of carbonyl (C=O) groups is 3. The molecule has 0 radical (unpaired) electrons. The van der Waals surface area contributed by atoms with Crippen molar-refractivity contribution in [1.82, 2.24) is 5.32 Å². The molecule has 3 N–H and O–H groups in total. The molecule has 3 amide bonds. The average molecular weight is 529 g/mol. The minimum atomic E-state index is -1.13. The predicted molar refractivity (Wildman–Crippen MR) is 155 cm³/mol. The lowest BCUT2D eigenvalue weighted by Crippen LogP contribution is -2.51. The Bertz CT molecular complexity index is 1220. The number of primary amides is 1. The number of rotatable bonds is 12. The van der Waals surface area contributed by atoms with E-state index < -0.39 is 29.8 Å². The van der Waals surface area contributed by atoms with E-state index in [9.17, 15) is 14.4 Å². The minimum Gasteiger partial charge on any atom is -0.369 e. The summed E-state index contributed by atoms with van der Waals surface area (Å²) in [5, 5.41) is 2.93. The molecule has 7 heteroatoms. The summed E-state index contributed by atoms with van der Waals surface area (Å²) in [6, 6.07) is 17.5. The van der Waals surface area contributed by atoms with Crippen LogP contribution in [-0.2, 0) is 14.4 Å². The number of nitrogens with zero attached hydrogens (tertiary/aromatic N) is 2. The SMILES string of the molecule is C=CCC(C(N)=O)C(CC(C)C)C(=O)NC1N=C(c2ccccc2)c2ccccc2N(CCC2CCC2)C1=O. The standard InChI is InChI=1S/C32H40N4O3/c1-4-11-24(29(33)37)26(20-21(2)3)31(38)35-30-32(39)36(19-18-22-12-10-13-22)27-17-9-8-16-25(27)28(34-30)23-14-6-5-7-15-23/h4-9,14-17,21-22,24,26,30H,1,10-13,18-20H2,2-3H3,(H2,33,37)(H,35,38). The topological polar surface area (TPSA) is 105 Å². The predicted octanol–water partition coefficient (Wildman–Crippen LogP) is 4.84. The largest absolute Gasteiger partial charge is 0.369 e. The third-order valence-corrected chi connectivity index (χ3v) is 7.85. The molecule has 1 aliphatic carbocycles. The van der Waals surface area contributed by atoms with Gasteiger partial charge in [0, 0.05) is 17.7 Å². The molecule has 2 aliphatic rings. The monoisotopic (exact) mass is 528 g/mol. The van der Waals surface area contributed by atoms with Crippen LogP contribution in [-0.4, -0.2) is 36.1 Å². The number of aliphatic imine (C=N–C) groups is 1. The third-order valence-electron chi connectivity index (χ3n) is 7.85. The second kappa shape index (κ2) is 12.9. The Kier molecular flexibility index (Phi) is 9.33. The minimum absolute atomic E-state index is 0.142. The second-order valence-electron chi connectivity index (χ2n) is 11.1. The van der Waals surface area contributed by atoms with Crippen molar-refractivity contribution in [3.8, 4) is 0 Å². The lowest BCUT2D eigenvalue weighted by Gasteiger charge is -2.31. The number of nitrogens with two attached hydrogens (primary N) is 1. The summed E-state index contributed by atoms with van der Waals surface area (Å²) in [6.45, 7) is 8.29. The lowest BCUT2D eigenvalue weighted by atomic mass is 9.82. The quantitative estimate of drug-likeness (QED) is 0.385. The molecule has 2 aromatic carbocycles. The maximum absolute atomic E-state index is 14.1. The van der Waals surface area contributed by atoms with Crippen molar-refractivity contribution in [3.63, 3.8) is 0 Å². The summed E-state index contributed by atoms with van der Waals surface area (Å²) in [5.74, 6) is -1.87. The van der Waals surface area contributed by atoms with Crippen LogP contribution in [0.2, 0.25) is 0 Å². The Labute approximate surface area is 231 Å². The Hall–Kier alpha value is -3.74. The number of fused-ring (bicyclic) bond motifs is 1. The molecule has 1 fully saturated rings. The molecule has 0 spiro atoms. The van der Waals surface area contributed by atoms with Gasteiger partial charge in [0.05, 0.1) is 23.2 Å². The number of hydrogen-bond donors (Lipinski definition) is 2. The number of allylic oxidation sites excluding steroid dienone is 1. The molecule has 0 saturated heterocycles. The molecule has 3 atom stereocenters. The van der Waals surface area contributed by atoms with Gasteiger partial charge in [-0.05, 0) is 37.2 Å². The zero-order chi connectivity index (χ0) is 27.9. The molecule has 4 rings (SSSR count). The fourth-order valence-corrected chi connectivity index (χ4v) is 5.54. The van der Waals surface area contributed by atoms with E-state index in [-0.39, 0.29) is 18.2 Å². The summed E-state index contributed by atoms with van der Waals surface area (Å²) >= 11 is 0. The van der Waals surface area contributed by atoms with Gasteiger partial charge >= 0.3 is 0 Å². The average Bonchev–Trinajstić information content (AvgIpc) is 3.00. The van der Waals surface area contributed by atoms with Crippen molar-refractivity contribution in [2.75, 3.05) is 11.4 Å². The number of amides is 3. The first-order chi connectivity index (χ1) is 18.8. The summed E-state index contributed by atoms with van der Waals surface area (Å²) in [5.41, 5.74) is 8.87. The van der Waals surface area contributed by atoms with Crippen molar-refractivity contribution >= 4 is 29.1 Å². The van der Waals surface area contributed by atoms with E-state index >= 15 is 0 Å². The second-order valence-corrected chi connectivity index (χ2v) is 11.1. The van der Waals surface area contributed by atoms with Gasteiger partial charge in [-0.2, -0.15) is 0 Å². The molecule has 1 aliphatic heterocycles. The molecule has 2 aromatic rings. The van der Waals surface area contributed by atoms with Crippen molar-refractivity contribution in [1.29, 1.82) is 0 Å². The first-order valence-corrected chi connectivity index (χ1v) is 14.0. The van der Waals surface area contributed by atoms with Crippen LogP contribution in [0.5, 0.6) is 0 Å². The van der Waals surface area contributed by atoms with Crippen LogP contribution in [0, 0.1) is 23.7 Å². The zero-order valence-corrected chi connectivity index (χ0v) is 23.0. The van der Waals surface area contributed by atoms with Crippen molar-refractivity contribution in [2.45, 2.75) is 58.5 Å². The Morgan fingerprint density at radius 3 is 2.41 bits per heavy atom. The highest BCUT2D eigenvalue weighted by molar-refractivity contribution is 6.20. The molecular weight excluding hydrogens is 488 g/mol. The van der Waals surface area contributed by atoms with Crippen molar-refractivity contribution < 1.29 is 14.4 Å². The fraction of sp³-hybridized carbons (Fsp3) is 0.438. The molecule has 3 unspecified atom stereocenters. The normalized spacial score (nSPS) is 18.8. The summed E-state index contributed by atoms with van der Waals surface area (Å²) in [6.07, 6.45) is 5.73. The third kappa shape index (κ3) is 6.64. The van der Waals surface area contributed by atoms with Gasteiger partial charge in [0.25, 0.3) is 5.91 Å². The number of para-hydroxylation sites is 1. The van der Waals surface area contributed by atoms with Gasteiger partial charge in [-0.25, -0.2) is 4.99 Å². The van der Waals surface area contributed by atoms with E-state index in [4.69, 9.17) is 10.7 Å². The first-order valence-electron chi connectivity index (χ1n) is 14.0. The van der Waals surface area contributed by atoms with E-state index in [0.29, 0.717) is 24.6 Å². The molecule has 0 aromatic heterocycles. The first kappa shape index (κ1) is 28.3.